The normalized spacial score (nSPS) is 14.1. The fourth-order valence-corrected chi connectivity index (χ4v) is 2.26. The topological polar surface area (TPSA) is 75.9 Å². The molecule has 0 saturated heterocycles. The Bertz CT molecular complexity index is 680. The molecule has 0 radical (unpaired) electrons. The van der Waals surface area contributed by atoms with E-state index in [1.807, 2.05) is 13.1 Å². The van der Waals surface area contributed by atoms with E-state index >= 15 is 0 Å². The highest BCUT2D eigenvalue weighted by Gasteiger charge is 2.07. The molecular formula is C18H27N5. The van der Waals surface area contributed by atoms with E-state index in [-0.39, 0.29) is 0 Å². The fraction of sp³-hybridized carbons (Fsp3) is 0.444. The summed E-state index contributed by atoms with van der Waals surface area (Å²) in [6.07, 6.45) is 5.65. The average molecular weight is 313 g/mol. The number of nitrogens with two attached hydrogens (primary N) is 1. The molecule has 2 rings (SSSR count). The first kappa shape index (κ1) is 17.2. The Morgan fingerprint density at radius 1 is 1.26 bits per heavy atom. The molecule has 1 heterocycles. The van der Waals surface area contributed by atoms with E-state index < -0.39 is 6.29 Å². The Hall–Kier alpha value is -2.14. The third kappa shape index (κ3) is 4.66. The minimum Gasteiger partial charge on any atom is -0.360 e. The number of allylic oxidation sites excluding steroid dienone is 1. The first-order valence-electron chi connectivity index (χ1n) is 8.25. The van der Waals surface area contributed by atoms with E-state index in [4.69, 9.17) is 5.73 Å². The summed E-state index contributed by atoms with van der Waals surface area (Å²) in [4.78, 5) is 9.07. The van der Waals surface area contributed by atoms with E-state index in [0.717, 1.165) is 29.4 Å². The molecule has 0 amide bonds. The molecule has 1 aromatic heterocycles. The number of nitrogens with one attached hydrogen (secondary N) is 2. The number of hydrogen-bond acceptors (Lipinski definition) is 5. The largest absolute Gasteiger partial charge is 0.360 e. The van der Waals surface area contributed by atoms with E-state index in [9.17, 15) is 0 Å². The number of fused-ring (bicyclic) bond motifs is 1. The van der Waals surface area contributed by atoms with Crippen molar-refractivity contribution in [3.05, 3.63) is 41.7 Å². The van der Waals surface area contributed by atoms with Crippen molar-refractivity contribution in [1.29, 1.82) is 0 Å². The van der Waals surface area contributed by atoms with Crippen LogP contribution in [0.1, 0.15) is 38.4 Å². The van der Waals surface area contributed by atoms with E-state index in [0.29, 0.717) is 11.9 Å². The summed E-state index contributed by atoms with van der Waals surface area (Å²) in [6.45, 7) is 8.45. The number of aromatic nitrogens is 2. The van der Waals surface area contributed by atoms with Crippen molar-refractivity contribution in [2.24, 2.45) is 11.7 Å². The molecule has 0 fully saturated rings. The van der Waals surface area contributed by atoms with Crippen molar-refractivity contribution in [1.82, 2.24) is 15.3 Å². The molecule has 2 atom stereocenters. The summed E-state index contributed by atoms with van der Waals surface area (Å²) in [7, 11) is 0. The van der Waals surface area contributed by atoms with Crippen LogP contribution in [0.5, 0.6) is 0 Å². The van der Waals surface area contributed by atoms with Gasteiger partial charge in [-0.2, -0.15) is 0 Å². The molecule has 4 N–H and O–H groups in total. The van der Waals surface area contributed by atoms with Crippen LogP contribution in [0, 0.1) is 12.8 Å². The van der Waals surface area contributed by atoms with Crippen LogP contribution in [0.4, 0.5) is 5.95 Å². The molecule has 0 aliphatic carbocycles. The Morgan fingerprint density at radius 3 is 2.74 bits per heavy atom. The minimum atomic E-state index is -0.429. The standard InChI is InChI=1S/C18H27N5/c1-5-12(3)9-10-20-17(19)23-18-21-13(4)15-8-7-14(6-2)11-16(15)22-18/h7-12,17,20H,5-6,19H2,1-4H3,(H,21,22,23)/b10-9-. The molecular weight excluding hydrogens is 286 g/mol. The van der Waals surface area contributed by atoms with Crippen LogP contribution in [-0.4, -0.2) is 16.3 Å². The van der Waals surface area contributed by atoms with Gasteiger partial charge in [-0.1, -0.05) is 45.4 Å². The summed E-state index contributed by atoms with van der Waals surface area (Å²) in [5.41, 5.74) is 9.19. The highest BCUT2D eigenvalue weighted by atomic mass is 15.3. The van der Waals surface area contributed by atoms with E-state index in [1.165, 1.54) is 5.56 Å². The van der Waals surface area contributed by atoms with Crippen molar-refractivity contribution in [2.45, 2.75) is 46.8 Å². The zero-order valence-electron chi connectivity index (χ0n) is 14.4. The maximum absolute atomic E-state index is 6.03. The van der Waals surface area contributed by atoms with Gasteiger partial charge in [0.2, 0.25) is 5.95 Å². The third-order valence-corrected chi connectivity index (χ3v) is 3.99. The lowest BCUT2D eigenvalue weighted by molar-refractivity contribution is 0.654. The minimum absolute atomic E-state index is 0.429. The number of anilines is 1. The van der Waals surface area contributed by atoms with Gasteiger partial charge in [0, 0.05) is 5.39 Å². The molecule has 1 aromatic carbocycles. The second kappa shape index (κ2) is 7.92. The summed E-state index contributed by atoms with van der Waals surface area (Å²) in [5, 5.41) is 7.26. The SMILES string of the molecule is CCc1ccc2c(C)nc(NC(N)N/C=C\C(C)CC)nc2c1. The van der Waals surface area contributed by atoms with Crippen molar-refractivity contribution >= 4 is 16.9 Å². The van der Waals surface area contributed by atoms with Crippen LogP contribution in [0.3, 0.4) is 0 Å². The lowest BCUT2D eigenvalue weighted by Gasteiger charge is -2.15. The van der Waals surface area contributed by atoms with Gasteiger partial charge in [-0.05, 0) is 37.1 Å². The monoisotopic (exact) mass is 313 g/mol. The van der Waals surface area contributed by atoms with Crippen molar-refractivity contribution in [3.63, 3.8) is 0 Å². The lowest BCUT2D eigenvalue weighted by atomic mass is 10.1. The number of hydrogen-bond donors (Lipinski definition) is 3. The second-order valence-corrected chi connectivity index (χ2v) is 5.87. The molecule has 0 spiro atoms. The average Bonchev–Trinajstić information content (AvgIpc) is 2.53. The number of benzene rings is 1. The van der Waals surface area contributed by atoms with Crippen molar-refractivity contribution in [3.8, 4) is 0 Å². The number of nitrogens with zero attached hydrogens (tertiary/aromatic N) is 2. The highest BCUT2D eigenvalue weighted by molar-refractivity contribution is 5.82. The maximum Gasteiger partial charge on any atom is 0.226 e. The second-order valence-electron chi connectivity index (χ2n) is 5.87. The van der Waals surface area contributed by atoms with Crippen LogP contribution >= 0.6 is 0 Å². The van der Waals surface area contributed by atoms with Crippen LogP contribution < -0.4 is 16.4 Å². The lowest BCUT2D eigenvalue weighted by Crippen LogP contribution is -2.41. The van der Waals surface area contributed by atoms with Crippen molar-refractivity contribution in [2.75, 3.05) is 5.32 Å². The van der Waals surface area contributed by atoms with Gasteiger partial charge < -0.3 is 10.6 Å². The fourth-order valence-electron chi connectivity index (χ4n) is 2.26. The zero-order valence-corrected chi connectivity index (χ0v) is 14.4. The Kier molecular flexibility index (Phi) is 5.93. The van der Waals surface area contributed by atoms with Crippen molar-refractivity contribution < 1.29 is 0 Å². The van der Waals surface area contributed by atoms with Gasteiger partial charge in [-0.3, -0.25) is 5.73 Å². The van der Waals surface area contributed by atoms with Gasteiger partial charge in [-0.15, -0.1) is 0 Å². The van der Waals surface area contributed by atoms with Gasteiger partial charge in [-0.25, -0.2) is 9.97 Å². The Labute approximate surface area is 138 Å². The summed E-state index contributed by atoms with van der Waals surface area (Å²) in [6, 6.07) is 6.32. The molecule has 5 heteroatoms. The summed E-state index contributed by atoms with van der Waals surface area (Å²) in [5.74, 6) is 1.07. The van der Waals surface area contributed by atoms with Gasteiger partial charge >= 0.3 is 0 Å². The molecule has 0 aliphatic heterocycles. The molecule has 2 unspecified atom stereocenters. The predicted molar refractivity (Wildman–Crippen MR) is 97.0 cm³/mol. The quantitative estimate of drug-likeness (QED) is 0.684. The molecule has 0 aliphatic rings. The number of aryl methyl sites for hydroxylation is 2. The number of rotatable bonds is 7. The molecule has 124 valence electrons. The van der Waals surface area contributed by atoms with Crippen LogP contribution in [-0.2, 0) is 6.42 Å². The Balaban J connectivity index is 2.12. The summed E-state index contributed by atoms with van der Waals surface area (Å²) >= 11 is 0. The molecule has 0 bridgehead atoms. The van der Waals surface area contributed by atoms with Crippen LogP contribution in [0.2, 0.25) is 0 Å². The van der Waals surface area contributed by atoms with Crippen LogP contribution in [0.15, 0.2) is 30.5 Å². The zero-order chi connectivity index (χ0) is 16.8. The van der Waals surface area contributed by atoms with E-state index in [2.05, 4.69) is 65.6 Å². The highest BCUT2D eigenvalue weighted by Crippen LogP contribution is 2.19. The first-order valence-corrected chi connectivity index (χ1v) is 8.25. The molecule has 2 aromatic rings. The predicted octanol–water partition coefficient (Wildman–Crippen LogP) is 3.30. The molecule has 0 saturated carbocycles. The maximum atomic E-state index is 6.03. The smallest absolute Gasteiger partial charge is 0.226 e. The summed E-state index contributed by atoms with van der Waals surface area (Å²) < 4.78 is 0. The van der Waals surface area contributed by atoms with Gasteiger partial charge in [0.25, 0.3) is 0 Å². The van der Waals surface area contributed by atoms with Crippen LogP contribution in [0.25, 0.3) is 10.9 Å². The third-order valence-electron chi connectivity index (χ3n) is 3.99. The van der Waals surface area contributed by atoms with Gasteiger partial charge in [0.1, 0.15) is 0 Å². The van der Waals surface area contributed by atoms with Gasteiger partial charge in [0.05, 0.1) is 11.2 Å². The van der Waals surface area contributed by atoms with E-state index in [1.54, 1.807) is 0 Å². The van der Waals surface area contributed by atoms with Gasteiger partial charge in [0.15, 0.2) is 6.29 Å². The molecule has 23 heavy (non-hydrogen) atoms. The first-order chi connectivity index (χ1) is 11.0. The Morgan fingerprint density at radius 2 is 2.04 bits per heavy atom. The molecule has 5 nitrogen and oxygen atoms in total.